The van der Waals surface area contributed by atoms with E-state index in [1.807, 2.05) is 0 Å². The Balaban J connectivity index is 2.06. The van der Waals surface area contributed by atoms with Gasteiger partial charge < -0.3 is 0 Å². The van der Waals surface area contributed by atoms with E-state index in [9.17, 15) is 0 Å². The van der Waals surface area contributed by atoms with Crippen LogP contribution in [0.25, 0.3) is 0 Å². The van der Waals surface area contributed by atoms with Crippen LogP contribution in [0, 0.1) is 35.5 Å². The quantitative estimate of drug-likeness (QED) is 0.522. The van der Waals surface area contributed by atoms with Gasteiger partial charge in [-0.2, -0.15) is 0 Å². The Bertz CT molecular complexity index is 272. The average molecular weight is 200 g/mol. The van der Waals surface area contributed by atoms with Gasteiger partial charge in [0.05, 0.1) is 0 Å². The van der Waals surface area contributed by atoms with E-state index in [1.54, 1.807) is 0 Å². The zero-order valence-corrected chi connectivity index (χ0v) is 9.52. The highest BCUT2D eigenvalue weighted by atomic mass is 14.2. The minimum Gasteiger partial charge on any atom is -0.103 e. The molecular weight excluding hydrogens is 180 g/mol. The Morgan fingerprint density at radius 2 is 1.13 bits per heavy atom. The maximum atomic E-state index is 3.47. The summed E-state index contributed by atoms with van der Waals surface area (Å²) in [5.74, 6) is 14.8. The summed E-state index contributed by atoms with van der Waals surface area (Å²) in [5, 5.41) is 0. The van der Waals surface area contributed by atoms with Crippen molar-refractivity contribution in [3.8, 4) is 23.7 Å². The largest absolute Gasteiger partial charge is 0.103 e. The van der Waals surface area contributed by atoms with Crippen molar-refractivity contribution >= 4 is 0 Å². The van der Waals surface area contributed by atoms with Crippen LogP contribution in [0.4, 0.5) is 0 Å². The first-order valence-corrected chi connectivity index (χ1v) is 6.43. The molecule has 0 amide bonds. The van der Waals surface area contributed by atoms with Crippen molar-refractivity contribution in [1.82, 2.24) is 0 Å². The smallest absolute Gasteiger partial charge is 0.0340 e. The van der Waals surface area contributed by atoms with Gasteiger partial charge in [0.2, 0.25) is 0 Å². The van der Waals surface area contributed by atoms with Crippen molar-refractivity contribution in [2.45, 2.75) is 57.8 Å². The third-order valence-electron chi connectivity index (χ3n) is 3.44. The standard InChI is InChI=1S/C15H20/c1-2-4-6-10-14-12-8-9-13-15(14)11-7-5-3-1/h14-15H,1-5,8-9,12-13H2. The van der Waals surface area contributed by atoms with Crippen molar-refractivity contribution in [2.24, 2.45) is 11.8 Å². The average Bonchev–Trinajstić information content (AvgIpc) is 2.32. The number of hydrogen-bond acceptors (Lipinski definition) is 0. The van der Waals surface area contributed by atoms with Crippen LogP contribution in [0.5, 0.6) is 0 Å². The second-order valence-electron chi connectivity index (χ2n) is 4.70. The first kappa shape index (κ1) is 10.6. The van der Waals surface area contributed by atoms with Gasteiger partial charge in [-0.05, 0) is 25.7 Å². The van der Waals surface area contributed by atoms with Gasteiger partial charge in [0.15, 0.2) is 0 Å². The molecule has 0 nitrogen and oxygen atoms in total. The Kier molecular flexibility index (Phi) is 4.16. The molecule has 80 valence electrons. The van der Waals surface area contributed by atoms with E-state index in [-0.39, 0.29) is 0 Å². The monoisotopic (exact) mass is 200 g/mol. The van der Waals surface area contributed by atoms with Gasteiger partial charge in [-0.15, -0.1) is 11.8 Å². The Morgan fingerprint density at radius 3 is 1.67 bits per heavy atom. The van der Waals surface area contributed by atoms with Gasteiger partial charge in [0.1, 0.15) is 0 Å². The molecule has 2 unspecified atom stereocenters. The van der Waals surface area contributed by atoms with Crippen molar-refractivity contribution in [2.75, 3.05) is 0 Å². The van der Waals surface area contributed by atoms with E-state index in [2.05, 4.69) is 23.7 Å². The summed E-state index contributed by atoms with van der Waals surface area (Å²) in [6.45, 7) is 0. The van der Waals surface area contributed by atoms with Crippen LogP contribution in [0.3, 0.4) is 0 Å². The second-order valence-corrected chi connectivity index (χ2v) is 4.70. The molecule has 2 aliphatic rings. The van der Waals surface area contributed by atoms with Crippen molar-refractivity contribution < 1.29 is 0 Å². The second kappa shape index (κ2) is 5.87. The molecule has 2 rings (SSSR count). The van der Waals surface area contributed by atoms with Crippen LogP contribution < -0.4 is 0 Å². The number of rotatable bonds is 0. The Hall–Kier alpha value is -0.880. The van der Waals surface area contributed by atoms with E-state index in [1.165, 1.54) is 44.9 Å². The molecule has 0 aliphatic heterocycles. The summed E-state index contributed by atoms with van der Waals surface area (Å²) in [5.41, 5.74) is 0. The van der Waals surface area contributed by atoms with Crippen molar-refractivity contribution in [3.05, 3.63) is 0 Å². The van der Waals surface area contributed by atoms with Gasteiger partial charge >= 0.3 is 0 Å². The van der Waals surface area contributed by atoms with E-state index in [0.717, 1.165) is 12.8 Å². The van der Waals surface area contributed by atoms with E-state index < -0.39 is 0 Å². The molecule has 1 saturated carbocycles. The summed E-state index contributed by atoms with van der Waals surface area (Å²) in [4.78, 5) is 0. The highest BCUT2D eigenvalue weighted by molar-refractivity contribution is 5.15. The first-order chi connectivity index (χ1) is 7.47. The minimum absolute atomic E-state index is 0.587. The molecule has 15 heavy (non-hydrogen) atoms. The Labute approximate surface area is 93.8 Å². The molecule has 1 fully saturated rings. The lowest BCUT2D eigenvalue weighted by Gasteiger charge is -2.23. The van der Waals surface area contributed by atoms with Gasteiger partial charge in [-0.25, -0.2) is 0 Å². The van der Waals surface area contributed by atoms with E-state index in [4.69, 9.17) is 0 Å². The highest BCUT2D eigenvalue weighted by Crippen LogP contribution is 2.29. The molecule has 0 N–H and O–H groups in total. The molecule has 2 atom stereocenters. The zero-order chi connectivity index (χ0) is 10.3. The Morgan fingerprint density at radius 1 is 0.600 bits per heavy atom. The van der Waals surface area contributed by atoms with E-state index in [0.29, 0.717) is 11.8 Å². The summed E-state index contributed by atoms with van der Waals surface area (Å²) in [6.07, 6.45) is 11.3. The topological polar surface area (TPSA) is 0 Å². The third kappa shape index (κ3) is 3.32. The van der Waals surface area contributed by atoms with E-state index >= 15 is 0 Å². The molecular formula is C15H20. The molecule has 0 aromatic heterocycles. The molecule has 0 aromatic carbocycles. The van der Waals surface area contributed by atoms with Gasteiger partial charge in [0.25, 0.3) is 0 Å². The highest BCUT2D eigenvalue weighted by Gasteiger charge is 2.21. The fraction of sp³-hybridized carbons (Fsp3) is 0.733. The van der Waals surface area contributed by atoms with Crippen LogP contribution in [0.2, 0.25) is 0 Å². The summed E-state index contributed by atoms with van der Waals surface area (Å²) >= 11 is 0. The maximum absolute atomic E-state index is 3.47. The lowest BCUT2D eigenvalue weighted by atomic mass is 9.80. The van der Waals surface area contributed by atoms with Gasteiger partial charge in [-0.1, -0.05) is 31.1 Å². The SMILES string of the molecule is C1#CC2CCCCC2C#CCCCCC1. The number of fused-ring (bicyclic) bond motifs is 1. The maximum Gasteiger partial charge on any atom is 0.0340 e. The molecule has 0 spiro atoms. The predicted octanol–water partition coefficient (Wildman–Crippen LogP) is 3.76. The van der Waals surface area contributed by atoms with Crippen LogP contribution in [0.1, 0.15) is 57.8 Å². The fourth-order valence-corrected chi connectivity index (χ4v) is 2.49. The van der Waals surface area contributed by atoms with Gasteiger partial charge in [-0.3, -0.25) is 0 Å². The van der Waals surface area contributed by atoms with Crippen molar-refractivity contribution in [3.63, 3.8) is 0 Å². The molecule has 0 heteroatoms. The van der Waals surface area contributed by atoms with Crippen LogP contribution in [-0.4, -0.2) is 0 Å². The molecule has 0 radical (unpaired) electrons. The number of hydrogen-bond donors (Lipinski definition) is 0. The zero-order valence-electron chi connectivity index (χ0n) is 9.52. The predicted molar refractivity (Wildman–Crippen MR) is 64.1 cm³/mol. The molecule has 0 heterocycles. The summed E-state index contributed by atoms with van der Waals surface area (Å²) < 4.78 is 0. The van der Waals surface area contributed by atoms with Crippen LogP contribution in [0.15, 0.2) is 0 Å². The lowest BCUT2D eigenvalue weighted by Crippen LogP contribution is -2.16. The third-order valence-corrected chi connectivity index (χ3v) is 3.44. The first-order valence-electron chi connectivity index (χ1n) is 6.43. The summed E-state index contributed by atoms with van der Waals surface area (Å²) in [7, 11) is 0. The normalized spacial score (nSPS) is 30.9. The molecule has 0 saturated heterocycles. The fourth-order valence-electron chi connectivity index (χ4n) is 2.49. The minimum atomic E-state index is 0.587. The molecule has 0 bridgehead atoms. The lowest BCUT2D eigenvalue weighted by molar-refractivity contribution is 0.357. The van der Waals surface area contributed by atoms with Gasteiger partial charge in [0, 0.05) is 24.7 Å². The summed E-state index contributed by atoms with van der Waals surface area (Å²) in [6, 6.07) is 0. The van der Waals surface area contributed by atoms with Crippen molar-refractivity contribution in [1.29, 1.82) is 0 Å². The van der Waals surface area contributed by atoms with Crippen LogP contribution in [-0.2, 0) is 0 Å². The van der Waals surface area contributed by atoms with Crippen LogP contribution >= 0.6 is 0 Å². The molecule has 0 aromatic rings. The molecule has 2 aliphatic carbocycles.